The van der Waals surface area contributed by atoms with Gasteiger partial charge in [0.15, 0.2) is 11.5 Å². The lowest BCUT2D eigenvalue weighted by atomic mass is 10.1. The number of carbonyl (C=O) groups is 1. The first-order chi connectivity index (χ1) is 10.7. The molecule has 114 valence electrons. The van der Waals surface area contributed by atoms with E-state index in [1.165, 1.54) is 5.56 Å². The molecule has 5 heteroatoms. The molecule has 1 heterocycles. The molecule has 0 saturated carbocycles. The molecular formula is C17H18N2O3. The van der Waals surface area contributed by atoms with Crippen LogP contribution in [0.1, 0.15) is 11.1 Å². The molecule has 0 aliphatic carbocycles. The molecule has 2 N–H and O–H groups in total. The molecule has 1 aliphatic heterocycles. The van der Waals surface area contributed by atoms with Gasteiger partial charge >= 0.3 is 6.03 Å². The van der Waals surface area contributed by atoms with Crippen molar-refractivity contribution in [1.29, 1.82) is 0 Å². The van der Waals surface area contributed by atoms with Crippen molar-refractivity contribution < 1.29 is 14.3 Å². The number of hydrogen-bond donors (Lipinski definition) is 2. The first-order valence-electron chi connectivity index (χ1n) is 7.21. The Labute approximate surface area is 129 Å². The van der Waals surface area contributed by atoms with E-state index in [0.29, 0.717) is 36.9 Å². The van der Waals surface area contributed by atoms with Gasteiger partial charge in [0.1, 0.15) is 13.2 Å². The molecule has 0 unspecified atom stereocenters. The highest BCUT2D eigenvalue weighted by atomic mass is 16.6. The minimum atomic E-state index is -0.275. The summed E-state index contributed by atoms with van der Waals surface area (Å²) in [5.74, 6) is 1.24. The molecule has 0 aromatic heterocycles. The van der Waals surface area contributed by atoms with Crippen molar-refractivity contribution in [2.75, 3.05) is 18.5 Å². The third-order valence-electron chi connectivity index (χ3n) is 3.39. The highest BCUT2D eigenvalue weighted by Crippen LogP contribution is 2.37. The summed E-state index contributed by atoms with van der Waals surface area (Å²) in [6, 6.07) is 13.2. The van der Waals surface area contributed by atoms with E-state index in [-0.39, 0.29) is 6.03 Å². The highest BCUT2D eigenvalue weighted by Gasteiger charge is 2.16. The zero-order chi connectivity index (χ0) is 15.4. The van der Waals surface area contributed by atoms with Crippen LogP contribution < -0.4 is 20.1 Å². The van der Waals surface area contributed by atoms with Gasteiger partial charge in [0.25, 0.3) is 0 Å². The van der Waals surface area contributed by atoms with Gasteiger partial charge in [0.05, 0.1) is 5.69 Å². The molecule has 2 amide bonds. The number of benzene rings is 2. The second-order valence-corrected chi connectivity index (χ2v) is 5.12. The molecule has 0 spiro atoms. The molecule has 0 bridgehead atoms. The Morgan fingerprint density at radius 3 is 2.68 bits per heavy atom. The summed E-state index contributed by atoms with van der Waals surface area (Å²) in [5, 5.41) is 5.62. The average molecular weight is 298 g/mol. The highest BCUT2D eigenvalue weighted by molar-refractivity contribution is 5.91. The maximum absolute atomic E-state index is 12.0. The predicted octanol–water partition coefficient (Wildman–Crippen LogP) is 3.09. The SMILES string of the molecule is Cc1ccc(CNC(=O)Nc2cccc3c2OCCO3)cc1. The van der Waals surface area contributed by atoms with Crippen molar-refractivity contribution in [3.05, 3.63) is 53.6 Å². The fourth-order valence-electron chi connectivity index (χ4n) is 2.23. The van der Waals surface area contributed by atoms with Gasteiger partial charge in [-0.05, 0) is 24.6 Å². The number of anilines is 1. The van der Waals surface area contributed by atoms with Crippen LogP contribution in [0.25, 0.3) is 0 Å². The van der Waals surface area contributed by atoms with Crippen LogP contribution in [0.15, 0.2) is 42.5 Å². The summed E-state index contributed by atoms with van der Waals surface area (Å²) >= 11 is 0. The van der Waals surface area contributed by atoms with Crippen LogP contribution in [0, 0.1) is 6.92 Å². The lowest BCUT2D eigenvalue weighted by Crippen LogP contribution is -2.28. The largest absolute Gasteiger partial charge is 0.486 e. The van der Waals surface area contributed by atoms with Crippen molar-refractivity contribution in [3.63, 3.8) is 0 Å². The van der Waals surface area contributed by atoms with Crippen LogP contribution in [-0.2, 0) is 6.54 Å². The van der Waals surface area contributed by atoms with E-state index in [9.17, 15) is 4.79 Å². The third-order valence-corrected chi connectivity index (χ3v) is 3.39. The number of aryl methyl sites for hydroxylation is 1. The van der Waals surface area contributed by atoms with Gasteiger partial charge in [0, 0.05) is 6.54 Å². The Hall–Kier alpha value is -2.69. The molecule has 2 aromatic carbocycles. The van der Waals surface area contributed by atoms with Crippen LogP contribution in [0.4, 0.5) is 10.5 Å². The molecule has 0 radical (unpaired) electrons. The van der Waals surface area contributed by atoms with Crippen LogP contribution in [0.3, 0.4) is 0 Å². The van der Waals surface area contributed by atoms with E-state index >= 15 is 0 Å². The van der Waals surface area contributed by atoms with Gasteiger partial charge in [-0.1, -0.05) is 35.9 Å². The normalized spacial score (nSPS) is 12.6. The van der Waals surface area contributed by atoms with Gasteiger partial charge in [-0.2, -0.15) is 0 Å². The second kappa shape index (κ2) is 6.39. The van der Waals surface area contributed by atoms with Gasteiger partial charge in [-0.3, -0.25) is 0 Å². The standard InChI is InChI=1S/C17H18N2O3/c1-12-5-7-13(8-6-12)11-18-17(20)19-14-3-2-4-15-16(14)22-10-9-21-15/h2-8H,9-11H2,1H3,(H2,18,19,20). The van der Waals surface area contributed by atoms with E-state index < -0.39 is 0 Å². The molecule has 0 saturated heterocycles. The Morgan fingerprint density at radius 2 is 1.86 bits per heavy atom. The molecule has 5 nitrogen and oxygen atoms in total. The summed E-state index contributed by atoms with van der Waals surface area (Å²) in [7, 11) is 0. The van der Waals surface area contributed by atoms with Gasteiger partial charge < -0.3 is 20.1 Å². The predicted molar refractivity (Wildman–Crippen MR) is 84.5 cm³/mol. The summed E-state index contributed by atoms with van der Waals surface area (Å²) < 4.78 is 11.1. The molecular weight excluding hydrogens is 280 g/mol. The van der Waals surface area contributed by atoms with Crippen LogP contribution in [0.2, 0.25) is 0 Å². The first kappa shape index (κ1) is 14.3. The number of nitrogens with one attached hydrogen (secondary N) is 2. The second-order valence-electron chi connectivity index (χ2n) is 5.12. The van der Waals surface area contributed by atoms with Crippen molar-refractivity contribution in [2.24, 2.45) is 0 Å². The Kier molecular flexibility index (Phi) is 4.14. The summed E-state index contributed by atoms with van der Waals surface area (Å²) in [5.41, 5.74) is 2.86. The summed E-state index contributed by atoms with van der Waals surface area (Å²) in [4.78, 5) is 12.0. The minimum absolute atomic E-state index is 0.275. The summed E-state index contributed by atoms with van der Waals surface area (Å²) in [6.45, 7) is 3.51. The average Bonchev–Trinajstić information content (AvgIpc) is 2.55. The van der Waals surface area contributed by atoms with Gasteiger partial charge in [-0.15, -0.1) is 0 Å². The van der Waals surface area contributed by atoms with Gasteiger partial charge in [0.2, 0.25) is 0 Å². The van der Waals surface area contributed by atoms with Crippen LogP contribution >= 0.6 is 0 Å². The molecule has 2 aromatic rings. The molecule has 1 aliphatic rings. The number of ether oxygens (including phenoxy) is 2. The summed E-state index contributed by atoms with van der Waals surface area (Å²) in [6.07, 6.45) is 0. The maximum Gasteiger partial charge on any atom is 0.319 e. The fraction of sp³-hybridized carbons (Fsp3) is 0.235. The number of fused-ring (bicyclic) bond motifs is 1. The Balaban J connectivity index is 1.61. The van der Waals surface area contributed by atoms with Crippen molar-refractivity contribution in [3.8, 4) is 11.5 Å². The van der Waals surface area contributed by atoms with Crippen LogP contribution in [-0.4, -0.2) is 19.2 Å². The Bertz CT molecular complexity index is 668. The van der Waals surface area contributed by atoms with E-state index in [1.54, 1.807) is 6.07 Å². The van der Waals surface area contributed by atoms with Crippen molar-refractivity contribution in [2.45, 2.75) is 13.5 Å². The molecule has 0 fully saturated rings. The minimum Gasteiger partial charge on any atom is -0.486 e. The number of para-hydroxylation sites is 1. The topological polar surface area (TPSA) is 59.6 Å². The fourth-order valence-corrected chi connectivity index (χ4v) is 2.23. The number of rotatable bonds is 3. The number of amides is 2. The lowest BCUT2D eigenvalue weighted by molar-refractivity contribution is 0.172. The van der Waals surface area contributed by atoms with Crippen molar-refractivity contribution >= 4 is 11.7 Å². The van der Waals surface area contributed by atoms with Crippen molar-refractivity contribution in [1.82, 2.24) is 5.32 Å². The number of carbonyl (C=O) groups excluding carboxylic acids is 1. The monoisotopic (exact) mass is 298 g/mol. The Morgan fingerprint density at radius 1 is 1.09 bits per heavy atom. The zero-order valence-corrected chi connectivity index (χ0v) is 12.4. The maximum atomic E-state index is 12.0. The zero-order valence-electron chi connectivity index (χ0n) is 12.4. The number of hydrogen-bond acceptors (Lipinski definition) is 3. The van der Waals surface area contributed by atoms with E-state index in [0.717, 1.165) is 5.56 Å². The molecule has 0 atom stereocenters. The smallest absolute Gasteiger partial charge is 0.319 e. The van der Waals surface area contributed by atoms with E-state index in [2.05, 4.69) is 10.6 Å². The van der Waals surface area contributed by atoms with Crippen LogP contribution in [0.5, 0.6) is 11.5 Å². The number of urea groups is 1. The van der Waals surface area contributed by atoms with E-state index in [1.807, 2.05) is 43.3 Å². The first-order valence-corrected chi connectivity index (χ1v) is 7.21. The molecule has 22 heavy (non-hydrogen) atoms. The van der Waals surface area contributed by atoms with E-state index in [4.69, 9.17) is 9.47 Å². The van der Waals surface area contributed by atoms with Gasteiger partial charge in [-0.25, -0.2) is 4.79 Å². The lowest BCUT2D eigenvalue weighted by Gasteiger charge is -2.21. The molecule has 3 rings (SSSR count). The third kappa shape index (κ3) is 3.31. The quantitative estimate of drug-likeness (QED) is 0.915.